The first-order chi connectivity index (χ1) is 7.27. The van der Waals surface area contributed by atoms with E-state index in [9.17, 15) is 4.79 Å². The summed E-state index contributed by atoms with van der Waals surface area (Å²) in [6, 6.07) is 0. The maximum Gasteiger partial charge on any atom is 0.305 e. The Bertz CT molecular complexity index is 381. The van der Waals surface area contributed by atoms with Crippen LogP contribution >= 0.6 is 0 Å². The van der Waals surface area contributed by atoms with Gasteiger partial charge in [0.2, 0.25) is 0 Å². The van der Waals surface area contributed by atoms with Crippen molar-refractivity contribution in [1.82, 2.24) is 9.97 Å². The lowest BCUT2D eigenvalue weighted by Crippen LogP contribution is -2.10. The molecule has 0 fully saturated rings. The molecule has 0 spiro atoms. The van der Waals surface area contributed by atoms with E-state index in [0.717, 1.165) is 11.3 Å². The van der Waals surface area contributed by atoms with Crippen molar-refractivity contribution in [2.45, 2.75) is 19.6 Å². The molecule has 2 N–H and O–H groups in total. The first kappa shape index (κ1) is 9.85. The summed E-state index contributed by atoms with van der Waals surface area (Å²) >= 11 is 0. The molecule has 80 valence electrons. The van der Waals surface area contributed by atoms with Crippen LogP contribution in [0.15, 0.2) is 6.33 Å². The third kappa shape index (κ3) is 2.21. The highest BCUT2D eigenvalue weighted by molar-refractivity contribution is 5.67. The molecule has 6 nitrogen and oxygen atoms in total. The number of hydrogen-bond acceptors (Lipinski definition) is 5. The lowest BCUT2D eigenvalue weighted by Gasteiger charge is -2.06. The number of carbonyl (C=O) groups is 1. The maximum absolute atomic E-state index is 10.3. The number of ether oxygens (including phenoxy) is 1. The van der Waals surface area contributed by atoms with Crippen LogP contribution in [0, 0.1) is 0 Å². The van der Waals surface area contributed by atoms with Gasteiger partial charge in [0.05, 0.1) is 25.3 Å². The number of rotatable bonds is 4. The van der Waals surface area contributed by atoms with E-state index in [2.05, 4.69) is 15.3 Å². The lowest BCUT2D eigenvalue weighted by atomic mass is 10.2. The van der Waals surface area contributed by atoms with E-state index in [4.69, 9.17) is 9.84 Å². The molecule has 0 saturated heterocycles. The van der Waals surface area contributed by atoms with E-state index in [0.29, 0.717) is 25.6 Å². The third-order valence-electron chi connectivity index (χ3n) is 2.15. The van der Waals surface area contributed by atoms with Crippen LogP contribution in [0.1, 0.15) is 17.7 Å². The van der Waals surface area contributed by atoms with Gasteiger partial charge in [-0.15, -0.1) is 0 Å². The van der Waals surface area contributed by atoms with Crippen LogP contribution in [-0.4, -0.2) is 27.6 Å². The normalized spacial score (nSPS) is 13.6. The Hall–Kier alpha value is -1.69. The Morgan fingerprint density at radius 3 is 3.20 bits per heavy atom. The molecule has 0 unspecified atom stereocenters. The number of aliphatic carboxylic acids is 1. The van der Waals surface area contributed by atoms with Crippen LogP contribution in [0.2, 0.25) is 0 Å². The van der Waals surface area contributed by atoms with Crippen molar-refractivity contribution in [3.05, 3.63) is 17.6 Å². The summed E-state index contributed by atoms with van der Waals surface area (Å²) in [5.41, 5.74) is 1.81. The molecular weight excluding hydrogens is 198 g/mol. The largest absolute Gasteiger partial charge is 0.481 e. The van der Waals surface area contributed by atoms with Crippen LogP contribution < -0.4 is 5.32 Å². The zero-order valence-corrected chi connectivity index (χ0v) is 8.06. The summed E-state index contributed by atoms with van der Waals surface area (Å²) in [6.45, 7) is 1.36. The van der Waals surface area contributed by atoms with E-state index in [1.807, 2.05) is 0 Å². The molecular formula is C9H11N3O3. The second kappa shape index (κ2) is 4.22. The zero-order valence-electron chi connectivity index (χ0n) is 8.06. The van der Waals surface area contributed by atoms with Gasteiger partial charge in [0.25, 0.3) is 0 Å². The van der Waals surface area contributed by atoms with Crippen LogP contribution in [0.25, 0.3) is 0 Å². The van der Waals surface area contributed by atoms with E-state index in [1.165, 1.54) is 6.33 Å². The van der Waals surface area contributed by atoms with E-state index in [-0.39, 0.29) is 6.42 Å². The summed E-state index contributed by atoms with van der Waals surface area (Å²) in [6.07, 6.45) is 1.52. The van der Waals surface area contributed by atoms with Crippen LogP contribution in [0.5, 0.6) is 0 Å². The molecule has 0 amide bonds. The van der Waals surface area contributed by atoms with Gasteiger partial charge in [-0.1, -0.05) is 0 Å². The molecule has 15 heavy (non-hydrogen) atoms. The standard InChI is InChI=1S/C9H11N3O3/c13-8(14)1-2-10-9-6-3-15-4-7(6)11-5-12-9/h5H,1-4H2,(H,13,14)(H,10,11,12). The Labute approximate surface area is 86.3 Å². The monoisotopic (exact) mass is 209 g/mol. The molecule has 1 aromatic rings. The minimum atomic E-state index is -0.829. The molecule has 0 saturated carbocycles. The number of nitrogens with one attached hydrogen (secondary N) is 1. The first-order valence-electron chi connectivity index (χ1n) is 4.63. The van der Waals surface area contributed by atoms with E-state index in [1.54, 1.807) is 0 Å². The summed E-state index contributed by atoms with van der Waals surface area (Å²) in [5.74, 6) is -0.150. The van der Waals surface area contributed by atoms with Crippen molar-refractivity contribution < 1.29 is 14.6 Å². The SMILES string of the molecule is O=C(O)CCNc1ncnc2c1COC2. The molecule has 0 aromatic carbocycles. The van der Waals surface area contributed by atoms with Crippen molar-refractivity contribution in [3.8, 4) is 0 Å². The van der Waals surface area contributed by atoms with Crippen LogP contribution in [0.3, 0.4) is 0 Å². The van der Waals surface area contributed by atoms with Crippen LogP contribution in [0.4, 0.5) is 5.82 Å². The molecule has 0 bridgehead atoms. The molecule has 2 rings (SSSR count). The smallest absolute Gasteiger partial charge is 0.305 e. The third-order valence-corrected chi connectivity index (χ3v) is 2.15. The fourth-order valence-electron chi connectivity index (χ4n) is 1.41. The second-order valence-corrected chi connectivity index (χ2v) is 3.21. The van der Waals surface area contributed by atoms with Crippen molar-refractivity contribution in [2.24, 2.45) is 0 Å². The van der Waals surface area contributed by atoms with Crippen molar-refractivity contribution >= 4 is 11.8 Å². The summed E-state index contributed by atoms with van der Waals surface area (Å²) in [4.78, 5) is 18.4. The predicted octanol–water partition coefficient (Wildman–Crippen LogP) is 0.393. The molecule has 1 aromatic heterocycles. The minimum Gasteiger partial charge on any atom is -0.481 e. The minimum absolute atomic E-state index is 0.0691. The van der Waals surface area contributed by atoms with Crippen molar-refractivity contribution in [2.75, 3.05) is 11.9 Å². The molecule has 1 aliphatic heterocycles. The van der Waals surface area contributed by atoms with Crippen molar-refractivity contribution in [1.29, 1.82) is 0 Å². The number of carboxylic acid groups (broad SMARTS) is 1. The Balaban J connectivity index is 2.02. The molecule has 0 atom stereocenters. The summed E-state index contributed by atoms with van der Waals surface area (Å²) in [5, 5.41) is 11.5. The zero-order chi connectivity index (χ0) is 10.7. The molecule has 0 radical (unpaired) electrons. The number of nitrogens with zero attached hydrogens (tertiary/aromatic N) is 2. The van der Waals surface area contributed by atoms with Gasteiger partial charge in [-0.25, -0.2) is 9.97 Å². The topological polar surface area (TPSA) is 84.3 Å². The quantitative estimate of drug-likeness (QED) is 0.746. The number of fused-ring (bicyclic) bond motifs is 1. The summed E-state index contributed by atoms with van der Waals surface area (Å²) < 4.78 is 5.22. The van der Waals surface area contributed by atoms with Gasteiger partial charge in [0.15, 0.2) is 0 Å². The van der Waals surface area contributed by atoms with Gasteiger partial charge in [-0.2, -0.15) is 0 Å². The van der Waals surface area contributed by atoms with Gasteiger partial charge < -0.3 is 15.2 Å². The number of carboxylic acids is 1. The molecule has 1 aliphatic rings. The van der Waals surface area contributed by atoms with Gasteiger partial charge in [-0.3, -0.25) is 4.79 Å². The van der Waals surface area contributed by atoms with Gasteiger partial charge >= 0.3 is 5.97 Å². The first-order valence-corrected chi connectivity index (χ1v) is 4.63. The second-order valence-electron chi connectivity index (χ2n) is 3.21. The molecule has 2 heterocycles. The van der Waals surface area contributed by atoms with Gasteiger partial charge in [0.1, 0.15) is 12.1 Å². The van der Waals surface area contributed by atoms with Crippen molar-refractivity contribution in [3.63, 3.8) is 0 Å². The molecule has 6 heteroatoms. The Morgan fingerprint density at radius 1 is 1.53 bits per heavy atom. The fraction of sp³-hybridized carbons (Fsp3) is 0.444. The number of hydrogen-bond donors (Lipinski definition) is 2. The highest BCUT2D eigenvalue weighted by atomic mass is 16.5. The van der Waals surface area contributed by atoms with E-state index < -0.39 is 5.97 Å². The highest BCUT2D eigenvalue weighted by Gasteiger charge is 2.17. The van der Waals surface area contributed by atoms with Gasteiger partial charge in [0, 0.05) is 12.1 Å². The molecule has 0 aliphatic carbocycles. The lowest BCUT2D eigenvalue weighted by molar-refractivity contribution is -0.136. The highest BCUT2D eigenvalue weighted by Crippen LogP contribution is 2.22. The van der Waals surface area contributed by atoms with E-state index >= 15 is 0 Å². The Kier molecular flexibility index (Phi) is 2.77. The van der Waals surface area contributed by atoms with Crippen LogP contribution in [-0.2, 0) is 22.7 Å². The number of aromatic nitrogens is 2. The average molecular weight is 209 g/mol. The predicted molar refractivity (Wildman–Crippen MR) is 51.3 cm³/mol. The number of anilines is 1. The fourth-order valence-corrected chi connectivity index (χ4v) is 1.41. The Morgan fingerprint density at radius 2 is 2.40 bits per heavy atom. The average Bonchev–Trinajstić information content (AvgIpc) is 2.65. The maximum atomic E-state index is 10.3. The summed E-state index contributed by atoms with van der Waals surface area (Å²) in [7, 11) is 0. The van der Waals surface area contributed by atoms with Gasteiger partial charge in [-0.05, 0) is 0 Å².